The Morgan fingerprint density at radius 1 is 1.39 bits per heavy atom. The van der Waals surface area contributed by atoms with E-state index in [1.54, 1.807) is 24.3 Å². The van der Waals surface area contributed by atoms with Crippen LogP contribution in [0.15, 0.2) is 41.8 Å². The van der Waals surface area contributed by atoms with Crippen molar-refractivity contribution in [1.29, 1.82) is 0 Å². The van der Waals surface area contributed by atoms with E-state index < -0.39 is 35.2 Å². The maximum Gasteiger partial charge on any atom is 0.356 e. The number of nitrogens with one attached hydrogen (secondary N) is 1. The predicted octanol–water partition coefficient (Wildman–Crippen LogP) is 1.20. The van der Waals surface area contributed by atoms with Crippen molar-refractivity contribution in [1.82, 2.24) is 10.2 Å². The number of ether oxygens (including phenoxy) is 1. The first kappa shape index (κ1) is 20.2. The van der Waals surface area contributed by atoms with Crippen molar-refractivity contribution < 1.29 is 24.2 Å². The lowest BCUT2D eigenvalue weighted by Crippen LogP contribution is -2.71. The van der Waals surface area contributed by atoms with Crippen molar-refractivity contribution in [3.05, 3.63) is 47.4 Å². The van der Waals surface area contributed by atoms with Crippen LogP contribution in [0.3, 0.4) is 0 Å². The first-order valence-corrected chi connectivity index (χ1v) is 10.2. The van der Waals surface area contributed by atoms with Crippen molar-refractivity contribution in [2.75, 3.05) is 12.4 Å². The van der Waals surface area contributed by atoms with Gasteiger partial charge in [0.25, 0.3) is 5.91 Å². The van der Waals surface area contributed by atoms with Gasteiger partial charge < -0.3 is 20.9 Å². The molecule has 1 aromatic rings. The van der Waals surface area contributed by atoms with Gasteiger partial charge in [-0.1, -0.05) is 43.7 Å². The molecule has 0 radical (unpaired) electrons. The zero-order chi connectivity index (χ0) is 20.3. The Kier molecular flexibility index (Phi) is 6.25. The Labute approximate surface area is 167 Å². The number of thioether (sulfide) groups is 1. The number of nitrogens with two attached hydrogens (primary N) is 1. The van der Waals surface area contributed by atoms with E-state index in [4.69, 9.17) is 10.5 Å². The van der Waals surface area contributed by atoms with E-state index in [-0.39, 0.29) is 5.70 Å². The van der Waals surface area contributed by atoms with E-state index in [9.17, 15) is 19.5 Å². The van der Waals surface area contributed by atoms with E-state index in [1.807, 2.05) is 13.0 Å². The SMILES string of the molecule is CCCCOC1=C(C(=O)O)N2C(=O)[C@@H](NC(=O)[C@@H](N)c3ccccc3)[C@@H]2SC1. The lowest BCUT2D eigenvalue weighted by Gasteiger charge is -2.49. The number of carbonyl (C=O) groups excluding carboxylic acids is 2. The summed E-state index contributed by atoms with van der Waals surface area (Å²) in [6, 6.07) is 7.14. The molecule has 0 saturated carbocycles. The molecule has 2 heterocycles. The van der Waals surface area contributed by atoms with Crippen LogP contribution in [0.25, 0.3) is 0 Å². The van der Waals surface area contributed by atoms with Gasteiger partial charge >= 0.3 is 5.97 Å². The average Bonchev–Trinajstić information content (AvgIpc) is 2.71. The molecular weight excluding hydrogens is 382 g/mol. The lowest BCUT2D eigenvalue weighted by atomic mass is 10.0. The Morgan fingerprint density at radius 2 is 2.11 bits per heavy atom. The number of rotatable bonds is 8. The van der Waals surface area contributed by atoms with Crippen molar-refractivity contribution in [3.8, 4) is 0 Å². The quantitative estimate of drug-likeness (QED) is 0.439. The number of carbonyl (C=O) groups is 3. The standard InChI is InChI=1S/C19H23N3O5S/c1-2-3-9-27-12-10-28-18-14(17(24)22(18)15(12)19(25)26)21-16(23)13(20)11-7-5-4-6-8-11/h4-8,13-14,18H,2-3,9-10,20H2,1H3,(H,21,23)(H,25,26)/t13-,14+,18-/m0/s1. The van der Waals surface area contributed by atoms with Gasteiger partial charge in [-0.05, 0) is 12.0 Å². The number of hydrogen-bond acceptors (Lipinski definition) is 6. The summed E-state index contributed by atoms with van der Waals surface area (Å²) in [6.07, 6.45) is 1.72. The fraction of sp³-hybridized carbons (Fsp3) is 0.421. The molecule has 8 nitrogen and oxygen atoms in total. The number of carboxylic acid groups (broad SMARTS) is 1. The minimum atomic E-state index is -1.21. The van der Waals surface area contributed by atoms with E-state index in [0.29, 0.717) is 23.7 Å². The Morgan fingerprint density at radius 3 is 2.75 bits per heavy atom. The molecule has 1 saturated heterocycles. The van der Waals surface area contributed by atoms with Crippen LogP contribution in [-0.2, 0) is 19.1 Å². The smallest absolute Gasteiger partial charge is 0.356 e. The first-order valence-electron chi connectivity index (χ1n) is 9.10. The van der Waals surface area contributed by atoms with Crippen molar-refractivity contribution in [3.63, 3.8) is 0 Å². The number of unbranched alkanes of at least 4 members (excludes halogenated alkanes) is 1. The first-order chi connectivity index (χ1) is 13.5. The Hall–Kier alpha value is -2.52. The monoisotopic (exact) mass is 405 g/mol. The van der Waals surface area contributed by atoms with Gasteiger partial charge in [-0.2, -0.15) is 0 Å². The summed E-state index contributed by atoms with van der Waals surface area (Å²) in [7, 11) is 0. The highest BCUT2D eigenvalue weighted by molar-refractivity contribution is 8.00. The van der Waals surface area contributed by atoms with Gasteiger partial charge in [0.2, 0.25) is 5.91 Å². The fourth-order valence-electron chi connectivity index (χ4n) is 3.10. The molecule has 2 aliphatic rings. The van der Waals surface area contributed by atoms with Crippen molar-refractivity contribution in [2.24, 2.45) is 5.73 Å². The highest BCUT2D eigenvalue weighted by atomic mass is 32.2. The van der Waals surface area contributed by atoms with Gasteiger partial charge in [0, 0.05) is 0 Å². The van der Waals surface area contributed by atoms with Gasteiger partial charge in [-0.15, -0.1) is 11.8 Å². The fourth-order valence-corrected chi connectivity index (χ4v) is 4.37. The predicted molar refractivity (Wildman–Crippen MR) is 104 cm³/mol. The summed E-state index contributed by atoms with van der Waals surface area (Å²) in [5.74, 6) is -1.54. The molecule has 3 rings (SSSR count). The molecule has 2 amide bonds. The number of benzene rings is 1. The molecule has 0 unspecified atom stereocenters. The molecule has 0 aromatic heterocycles. The van der Waals surface area contributed by atoms with Crippen LogP contribution in [0, 0.1) is 0 Å². The van der Waals surface area contributed by atoms with Gasteiger partial charge in [0.1, 0.15) is 23.2 Å². The van der Waals surface area contributed by atoms with Crippen LogP contribution in [0.1, 0.15) is 31.4 Å². The van der Waals surface area contributed by atoms with E-state index in [2.05, 4.69) is 5.32 Å². The van der Waals surface area contributed by atoms with Crippen LogP contribution in [0.5, 0.6) is 0 Å². The third kappa shape index (κ3) is 3.85. The molecular formula is C19H23N3O5S. The van der Waals surface area contributed by atoms with Crippen LogP contribution < -0.4 is 11.1 Å². The van der Waals surface area contributed by atoms with E-state index in [0.717, 1.165) is 12.8 Å². The Balaban J connectivity index is 1.69. The van der Waals surface area contributed by atoms with E-state index in [1.165, 1.54) is 16.7 Å². The number of nitrogens with zero attached hydrogens (tertiary/aromatic N) is 1. The second kappa shape index (κ2) is 8.66. The molecule has 0 spiro atoms. The number of β-lactam (4-membered cyclic amide) rings is 1. The second-order valence-corrected chi connectivity index (χ2v) is 7.67. The highest BCUT2D eigenvalue weighted by Gasteiger charge is 2.55. The van der Waals surface area contributed by atoms with Gasteiger partial charge in [-0.25, -0.2) is 4.79 Å². The highest BCUT2D eigenvalue weighted by Crippen LogP contribution is 2.40. The number of carboxylic acids is 1. The summed E-state index contributed by atoms with van der Waals surface area (Å²) in [6.45, 7) is 2.41. The molecule has 1 fully saturated rings. The zero-order valence-electron chi connectivity index (χ0n) is 15.5. The van der Waals surface area contributed by atoms with Crippen LogP contribution in [-0.4, -0.2) is 51.6 Å². The molecule has 9 heteroatoms. The Bertz CT molecular complexity index is 798. The van der Waals surface area contributed by atoms with Crippen LogP contribution in [0.4, 0.5) is 0 Å². The number of aliphatic carboxylic acids is 1. The third-order valence-corrected chi connectivity index (χ3v) is 5.90. The normalized spacial score (nSPS) is 22.2. The number of fused-ring (bicyclic) bond motifs is 1. The van der Waals surface area contributed by atoms with Gasteiger partial charge in [-0.3, -0.25) is 14.5 Å². The largest absolute Gasteiger partial charge is 0.495 e. The number of amides is 2. The molecule has 2 aliphatic heterocycles. The maximum atomic E-state index is 12.6. The number of hydrogen-bond donors (Lipinski definition) is 3. The van der Waals surface area contributed by atoms with Gasteiger partial charge in [0.05, 0.1) is 12.4 Å². The minimum absolute atomic E-state index is 0.136. The van der Waals surface area contributed by atoms with Crippen molar-refractivity contribution >= 4 is 29.5 Å². The van der Waals surface area contributed by atoms with Gasteiger partial charge in [0.15, 0.2) is 5.70 Å². The van der Waals surface area contributed by atoms with Crippen LogP contribution in [0.2, 0.25) is 0 Å². The van der Waals surface area contributed by atoms with Crippen molar-refractivity contribution in [2.45, 2.75) is 37.2 Å². The van der Waals surface area contributed by atoms with E-state index >= 15 is 0 Å². The topological polar surface area (TPSA) is 122 Å². The second-order valence-electron chi connectivity index (χ2n) is 6.56. The molecule has 3 atom stereocenters. The maximum absolute atomic E-state index is 12.6. The molecule has 0 aliphatic carbocycles. The van der Waals surface area contributed by atoms with Crippen LogP contribution >= 0.6 is 11.8 Å². The zero-order valence-corrected chi connectivity index (χ0v) is 16.3. The molecule has 150 valence electrons. The lowest BCUT2D eigenvalue weighted by molar-refractivity contribution is -0.151. The summed E-state index contributed by atoms with van der Waals surface area (Å²) < 4.78 is 5.59. The average molecular weight is 405 g/mol. The molecule has 28 heavy (non-hydrogen) atoms. The molecule has 4 N–H and O–H groups in total. The minimum Gasteiger partial charge on any atom is -0.495 e. The summed E-state index contributed by atoms with van der Waals surface area (Å²) in [4.78, 5) is 37.9. The molecule has 0 bridgehead atoms. The molecule has 1 aromatic carbocycles. The summed E-state index contributed by atoms with van der Waals surface area (Å²) >= 11 is 1.36. The third-order valence-electron chi connectivity index (χ3n) is 4.65. The summed E-state index contributed by atoms with van der Waals surface area (Å²) in [5, 5.41) is 11.7. The summed E-state index contributed by atoms with van der Waals surface area (Å²) in [5.41, 5.74) is 6.48.